The molecule has 0 spiro atoms. The second kappa shape index (κ2) is 4.18. The van der Waals surface area contributed by atoms with E-state index in [9.17, 15) is 4.79 Å². The zero-order valence-corrected chi connectivity index (χ0v) is 8.49. The number of hydrogen-bond donors (Lipinski definition) is 2. The third-order valence-electron chi connectivity index (χ3n) is 1.81. The van der Waals surface area contributed by atoms with Gasteiger partial charge in [0, 0.05) is 11.3 Å². The maximum absolute atomic E-state index is 11.4. The van der Waals surface area contributed by atoms with Gasteiger partial charge in [-0.05, 0) is 32.5 Å². The van der Waals surface area contributed by atoms with Crippen LogP contribution in [0.4, 0.5) is 0 Å². The summed E-state index contributed by atoms with van der Waals surface area (Å²) in [4.78, 5) is 16.9. The van der Waals surface area contributed by atoms with Crippen molar-refractivity contribution in [3.05, 3.63) is 38.5 Å². The Kier molecular flexibility index (Phi) is 3.19. The van der Waals surface area contributed by atoms with Crippen LogP contribution >= 0.6 is 12.2 Å². The molecule has 0 aliphatic rings. The second-order valence-corrected chi connectivity index (χ2v) is 3.19. The fourth-order valence-electron chi connectivity index (χ4n) is 1.11. The van der Waals surface area contributed by atoms with Crippen LogP contribution in [0.2, 0.25) is 0 Å². The van der Waals surface area contributed by atoms with Crippen LogP contribution in [0.5, 0.6) is 0 Å². The number of allylic oxidation sites excluding steroid dienone is 2. The predicted octanol–water partition coefficient (Wildman–Crippen LogP) is 1.86. The lowest BCUT2D eigenvalue weighted by atomic mass is 10.1. The highest BCUT2D eigenvalue weighted by Gasteiger charge is 2.01. The number of H-pyrrole nitrogens is 2. The lowest BCUT2D eigenvalue weighted by Crippen LogP contribution is -2.15. The average molecular weight is 196 g/mol. The van der Waals surface area contributed by atoms with E-state index in [0.29, 0.717) is 11.2 Å². The van der Waals surface area contributed by atoms with Crippen molar-refractivity contribution in [2.24, 2.45) is 0 Å². The van der Waals surface area contributed by atoms with Gasteiger partial charge in [-0.2, -0.15) is 0 Å². The van der Waals surface area contributed by atoms with E-state index < -0.39 is 0 Å². The van der Waals surface area contributed by atoms with Crippen molar-refractivity contribution in [2.75, 3.05) is 0 Å². The van der Waals surface area contributed by atoms with Gasteiger partial charge in [-0.1, -0.05) is 12.2 Å². The number of aromatic amines is 2. The molecule has 3 nitrogen and oxygen atoms in total. The van der Waals surface area contributed by atoms with Gasteiger partial charge in [-0.25, -0.2) is 0 Å². The van der Waals surface area contributed by atoms with Crippen molar-refractivity contribution < 1.29 is 0 Å². The number of hydrogen-bond acceptors (Lipinski definition) is 2. The van der Waals surface area contributed by atoms with Gasteiger partial charge in [-0.3, -0.25) is 9.78 Å². The van der Waals surface area contributed by atoms with E-state index in [1.54, 1.807) is 0 Å². The molecule has 0 atom stereocenters. The van der Waals surface area contributed by atoms with Crippen molar-refractivity contribution >= 4 is 12.2 Å². The molecule has 0 unspecified atom stereocenters. The van der Waals surface area contributed by atoms with Crippen LogP contribution < -0.4 is 5.56 Å². The first-order valence-electron chi connectivity index (χ1n) is 4.08. The summed E-state index contributed by atoms with van der Waals surface area (Å²) in [5, 5.41) is 0. The molecular formula is C9H12N2OS. The van der Waals surface area contributed by atoms with E-state index in [1.165, 1.54) is 0 Å². The van der Waals surface area contributed by atoms with E-state index in [2.05, 4.69) is 9.97 Å². The summed E-state index contributed by atoms with van der Waals surface area (Å²) in [6.07, 6.45) is 4.50. The molecule has 0 aromatic carbocycles. The minimum absolute atomic E-state index is 0.0978. The fourth-order valence-corrected chi connectivity index (χ4v) is 1.35. The van der Waals surface area contributed by atoms with Gasteiger partial charge in [0.05, 0.1) is 0 Å². The monoisotopic (exact) mass is 196 g/mol. The molecule has 2 N–H and O–H groups in total. The molecule has 0 saturated heterocycles. The van der Waals surface area contributed by atoms with Crippen LogP contribution in [0.1, 0.15) is 18.2 Å². The largest absolute Gasteiger partial charge is 0.336 e. The number of rotatable bonds is 2. The fraction of sp³-hybridized carbons (Fsp3) is 0.333. The maximum atomic E-state index is 11.4. The molecule has 0 fully saturated rings. The van der Waals surface area contributed by atoms with Gasteiger partial charge in [-0.15, -0.1) is 0 Å². The molecule has 70 valence electrons. The first-order chi connectivity index (χ1) is 6.15. The van der Waals surface area contributed by atoms with Crippen molar-refractivity contribution in [3.8, 4) is 0 Å². The molecule has 0 bridgehead atoms. The number of aryl methyl sites for hydroxylation is 1. The molecule has 0 saturated carbocycles. The van der Waals surface area contributed by atoms with Crippen molar-refractivity contribution in [2.45, 2.75) is 20.3 Å². The molecule has 1 aromatic rings. The maximum Gasteiger partial charge on any atom is 0.255 e. The summed E-state index contributed by atoms with van der Waals surface area (Å²) in [7, 11) is 0. The van der Waals surface area contributed by atoms with Gasteiger partial charge in [0.25, 0.3) is 5.56 Å². The Morgan fingerprint density at radius 3 is 2.69 bits per heavy atom. The standard InChI is InChI=1S/C9H12N2OS/c1-3-4-5-7-6(2)10-9(13)11-8(7)12/h3-4H,5H2,1-2H3,(H2,10,11,12,13). The van der Waals surface area contributed by atoms with Gasteiger partial charge in [0.15, 0.2) is 4.77 Å². The van der Waals surface area contributed by atoms with Crippen LogP contribution in [0, 0.1) is 11.7 Å². The van der Waals surface area contributed by atoms with Gasteiger partial charge < -0.3 is 4.98 Å². The molecule has 0 amide bonds. The lowest BCUT2D eigenvalue weighted by Gasteiger charge is -2.00. The minimum atomic E-state index is -0.0978. The quantitative estimate of drug-likeness (QED) is 0.560. The van der Waals surface area contributed by atoms with E-state index >= 15 is 0 Å². The van der Waals surface area contributed by atoms with Crippen molar-refractivity contribution in [1.29, 1.82) is 0 Å². The molecule has 13 heavy (non-hydrogen) atoms. The number of aromatic nitrogens is 2. The first-order valence-corrected chi connectivity index (χ1v) is 4.49. The summed E-state index contributed by atoms with van der Waals surface area (Å²) in [5.74, 6) is 0. The molecule has 0 radical (unpaired) electrons. The number of nitrogens with one attached hydrogen (secondary N) is 2. The average Bonchev–Trinajstić information content (AvgIpc) is 2.02. The van der Waals surface area contributed by atoms with Crippen LogP contribution in [0.3, 0.4) is 0 Å². The van der Waals surface area contributed by atoms with E-state index in [1.807, 2.05) is 26.0 Å². The normalized spacial score (nSPS) is 10.9. The summed E-state index contributed by atoms with van der Waals surface area (Å²) in [5.41, 5.74) is 1.48. The van der Waals surface area contributed by atoms with Crippen molar-refractivity contribution in [1.82, 2.24) is 9.97 Å². The Hall–Kier alpha value is -1.16. The van der Waals surface area contributed by atoms with E-state index in [0.717, 1.165) is 11.3 Å². The highest BCUT2D eigenvalue weighted by atomic mass is 32.1. The third-order valence-corrected chi connectivity index (χ3v) is 2.02. The molecule has 4 heteroatoms. The Morgan fingerprint density at radius 1 is 1.46 bits per heavy atom. The van der Waals surface area contributed by atoms with Crippen LogP contribution in [0.15, 0.2) is 16.9 Å². The Labute approximate surface area is 81.5 Å². The molecule has 1 rings (SSSR count). The van der Waals surface area contributed by atoms with Gasteiger partial charge in [0.1, 0.15) is 0 Å². The van der Waals surface area contributed by atoms with Crippen LogP contribution in [0.25, 0.3) is 0 Å². The smallest absolute Gasteiger partial charge is 0.255 e. The van der Waals surface area contributed by atoms with E-state index in [4.69, 9.17) is 12.2 Å². The highest BCUT2D eigenvalue weighted by molar-refractivity contribution is 7.71. The zero-order valence-electron chi connectivity index (χ0n) is 7.68. The van der Waals surface area contributed by atoms with Crippen LogP contribution in [-0.2, 0) is 6.42 Å². The Morgan fingerprint density at radius 2 is 2.15 bits per heavy atom. The molecule has 1 heterocycles. The van der Waals surface area contributed by atoms with Crippen LogP contribution in [-0.4, -0.2) is 9.97 Å². The molecule has 1 aromatic heterocycles. The third kappa shape index (κ3) is 2.39. The van der Waals surface area contributed by atoms with E-state index in [-0.39, 0.29) is 5.56 Å². The molecule has 0 aliphatic heterocycles. The Bertz CT molecular complexity index is 428. The topological polar surface area (TPSA) is 48.6 Å². The second-order valence-electron chi connectivity index (χ2n) is 2.78. The minimum Gasteiger partial charge on any atom is -0.336 e. The molecular weight excluding hydrogens is 184 g/mol. The summed E-state index contributed by atoms with van der Waals surface area (Å²) in [6.45, 7) is 3.78. The summed E-state index contributed by atoms with van der Waals surface area (Å²) in [6, 6.07) is 0. The zero-order chi connectivity index (χ0) is 9.84. The molecule has 0 aliphatic carbocycles. The SMILES string of the molecule is CC=CCc1c(C)[nH]c(=S)[nH]c1=O. The van der Waals surface area contributed by atoms with Crippen molar-refractivity contribution in [3.63, 3.8) is 0 Å². The lowest BCUT2D eigenvalue weighted by molar-refractivity contribution is 0.973. The Balaban J connectivity index is 3.21. The summed E-state index contributed by atoms with van der Waals surface area (Å²) >= 11 is 4.83. The van der Waals surface area contributed by atoms with Gasteiger partial charge in [0.2, 0.25) is 0 Å². The first kappa shape index (κ1) is 9.92. The van der Waals surface area contributed by atoms with Gasteiger partial charge >= 0.3 is 0 Å². The summed E-state index contributed by atoms with van der Waals surface area (Å²) < 4.78 is 0.381. The highest BCUT2D eigenvalue weighted by Crippen LogP contribution is 1.98. The predicted molar refractivity (Wildman–Crippen MR) is 55.5 cm³/mol.